The summed E-state index contributed by atoms with van der Waals surface area (Å²) in [5.41, 5.74) is -0.606. The summed E-state index contributed by atoms with van der Waals surface area (Å²) >= 11 is 5.92. The summed E-state index contributed by atoms with van der Waals surface area (Å²) in [5, 5.41) is 0.177. The molecule has 0 saturated carbocycles. The van der Waals surface area contributed by atoms with Crippen LogP contribution in [0.4, 0.5) is 13.2 Å². The number of piperazine rings is 1. The Morgan fingerprint density at radius 1 is 1.21 bits per heavy atom. The second-order valence-corrected chi connectivity index (χ2v) is 6.43. The molecule has 0 unspecified atom stereocenters. The molecule has 1 aliphatic rings. The second kappa shape index (κ2) is 7.57. The van der Waals surface area contributed by atoms with E-state index >= 15 is 0 Å². The molecule has 0 radical (unpaired) electrons. The number of nitrogens with zero attached hydrogens (tertiary/aromatic N) is 2. The monoisotopic (exact) mass is 360 g/mol. The van der Waals surface area contributed by atoms with Crippen LogP contribution in [0.25, 0.3) is 6.08 Å². The SMILES string of the molecule is CC(C)N1CCN(C(=O)/C=C/c2cc(C(F)(F)F)ccc2Cl)CC1. The summed E-state index contributed by atoms with van der Waals surface area (Å²) in [4.78, 5) is 16.2. The molecule has 1 aromatic rings. The van der Waals surface area contributed by atoms with Crippen LogP contribution in [0.15, 0.2) is 24.3 Å². The third-order valence-corrected chi connectivity index (χ3v) is 4.43. The fourth-order valence-electron chi connectivity index (χ4n) is 2.57. The average Bonchev–Trinajstić information content (AvgIpc) is 2.52. The third-order valence-electron chi connectivity index (χ3n) is 4.09. The minimum atomic E-state index is -4.44. The van der Waals surface area contributed by atoms with Gasteiger partial charge in [0.25, 0.3) is 0 Å². The zero-order chi connectivity index (χ0) is 17.9. The molecule has 1 saturated heterocycles. The van der Waals surface area contributed by atoms with Crippen molar-refractivity contribution in [1.29, 1.82) is 0 Å². The fourth-order valence-corrected chi connectivity index (χ4v) is 2.75. The highest BCUT2D eigenvalue weighted by atomic mass is 35.5. The van der Waals surface area contributed by atoms with Gasteiger partial charge in [0.05, 0.1) is 5.56 Å². The highest BCUT2D eigenvalue weighted by molar-refractivity contribution is 6.32. The maximum Gasteiger partial charge on any atom is 0.416 e. The summed E-state index contributed by atoms with van der Waals surface area (Å²) in [7, 11) is 0. The van der Waals surface area contributed by atoms with Crippen molar-refractivity contribution < 1.29 is 18.0 Å². The lowest BCUT2D eigenvalue weighted by molar-refractivity contribution is -0.137. The van der Waals surface area contributed by atoms with Gasteiger partial charge >= 0.3 is 6.18 Å². The van der Waals surface area contributed by atoms with Crippen LogP contribution in [-0.4, -0.2) is 47.9 Å². The van der Waals surface area contributed by atoms with Crippen molar-refractivity contribution >= 4 is 23.6 Å². The molecule has 24 heavy (non-hydrogen) atoms. The molecule has 0 spiro atoms. The number of amides is 1. The molecule has 3 nitrogen and oxygen atoms in total. The first-order valence-electron chi connectivity index (χ1n) is 7.76. The van der Waals surface area contributed by atoms with E-state index in [0.29, 0.717) is 19.1 Å². The zero-order valence-corrected chi connectivity index (χ0v) is 14.4. The lowest BCUT2D eigenvalue weighted by atomic mass is 10.1. The molecular weight excluding hydrogens is 341 g/mol. The molecule has 132 valence electrons. The van der Waals surface area contributed by atoms with E-state index in [9.17, 15) is 18.0 Å². The minimum Gasteiger partial charge on any atom is -0.337 e. The quantitative estimate of drug-likeness (QED) is 0.763. The number of benzene rings is 1. The molecule has 1 amide bonds. The minimum absolute atomic E-state index is 0.177. The maximum absolute atomic E-state index is 12.7. The van der Waals surface area contributed by atoms with Gasteiger partial charge in [-0.1, -0.05) is 11.6 Å². The molecule has 1 fully saturated rings. The highest BCUT2D eigenvalue weighted by Crippen LogP contribution is 2.32. The van der Waals surface area contributed by atoms with Crippen LogP contribution in [0.5, 0.6) is 0 Å². The van der Waals surface area contributed by atoms with Crippen molar-refractivity contribution in [2.45, 2.75) is 26.1 Å². The van der Waals surface area contributed by atoms with Gasteiger partial charge in [0.15, 0.2) is 0 Å². The van der Waals surface area contributed by atoms with Crippen LogP contribution >= 0.6 is 11.6 Å². The van der Waals surface area contributed by atoms with E-state index in [1.165, 1.54) is 18.2 Å². The fraction of sp³-hybridized carbons (Fsp3) is 0.471. The smallest absolute Gasteiger partial charge is 0.337 e. The van der Waals surface area contributed by atoms with E-state index in [-0.39, 0.29) is 16.5 Å². The molecule has 0 atom stereocenters. The average molecular weight is 361 g/mol. The van der Waals surface area contributed by atoms with Gasteiger partial charge < -0.3 is 4.90 Å². The second-order valence-electron chi connectivity index (χ2n) is 6.02. The number of carbonyl (C=O) groups excluding carboxylic acids is 1. The molecule has 1 aliphatic heterocycles. The van der Waals surface area contributed by atoms with E-state index in [1.54, 1.807) is 4.90 Å². The van der Waals surface area contributed by atoms with E-state index in [1.807, 2.05) is 0 Å². The van der Waals surface area contributed by atoms with Crippen molar-refractivity contribution in [1.82, 2.24) is 9.80 Å². The van der Waals surface area contributed by atoms with Gasteiger partial charge in [0.2, 0.25) is 5.91 Å². The largest absolute Gasteiger partial charge is 0.416 e. The van der Waals surface area contributed by atoms with Crippen molar-refractivity contribution in [2.75, 3.05) is 26.2 Å². The normalized spacial score (nSPS) is 17.0. The van der Waals surface area contributed by atoms with Crippen LogP contribution in [0.2, 0.25) is 5.02 Å². The van der Waals surface area contributed by atoms with Gasteiger partial charge in [-0.15, -0.1) is 0 Å². The molecular formula is C17H20ClF3N2O. The highest BCUT2D eigenvalue weighted by Gasteiger charge is 2.30. The Morgan fingerprint density at radius 2 is 1.83 bits per heavy atom. The Kier molecular flexibility index (Phi) is 5.93. The number of carbonyl (C=O) groups is 1. The first-order valence-corrected chi connectivity index (χ1v) is 8.14. The predicted octanol–water partition coefficient (Wildman–Crippen LogP) is 3.92. The summed E-state index contributed by atoms with van der Waals surface area (Å²) in [6.45, 7) is 7.01. The van der Waals surface area contributed by atoms with Gasteiger partial charge in [0, 0.05) is 43.3 Å². The maximum atomic E-state index is 12.7. The summed E-state index contributed by atoms with van der Waals surface area (Å²) in [6, 6.07) is 3.49. The lowest BCUT2D eigenvalue weighted by Crippen LogP contribution is -2.50. The Balaban J connectivity index is 2.04. The van der Waals surface area contributed by atoms with Gasteiger partial charge in [-0.3, -0.25) is 9.69 Å². The van der Waals surface area contributed by atoms with E-state index in [2.05, 4.69) is 18.7 Å². The van der Waals surface area contributed by atoms with Crippen LogP contribution in [-0.2, 0) is 11.0 Å². The molecule has 0 bridgehead atoms. The van der Waals surface area contributed by atoms with Crippen molar-refractivity contribution in [3.63, 3.8) is 0 Å². The lowest BCUT2D eigenvalue weighted by Gasteiger charge is -2.36. The number of rotatable bonds is 3. The summed E-state index contributed by atoms with van der Waals surface area (Å²) < 4.78 is 38.2. The Bertz CT molecular complexity index is 621. The predicted molar refractivity (Wildman–Crippen MR) is 88.8 cm³/mol. The molecule has 1 heterocycles. The first-order chi connectivity index (χ1) is 11.2. The number of hydrogen-bond donors (Lipinski definition) is 0. The van der Waals surface area contributed by atoms with Crippen LogP contribution in [0.3, 0.4) is 0 Å². The van der Waals surface area contributed by atoms with Crippen molar-refractivity contribution in [3.05, 3.63) is 40.4 Å². The van der Waals surface area contributed by atoms with Crippen LogP contribution in [0.1, 0.15) is 25.0 Å². The molecule has 0 aliphatic carbocycles. The van der Waals surface area contributed by atoms with Gasteiger partial charge in [0.1, 0.15) is 0 Å². The Labute approximate surface area is 144 Å². The summed E-state index contributed by atoms with van der Waals surface area (Å²) in [5.74, 6) is -0.216. The number of hydrogen-bond acceptors (Lipinski definition) is 2. The van der Waals surface area contributed by atoms with E-state index in [0.717, 1.165) is 25.2 Å². The van der Waals surface area contributed by atoms with Gasteiger partial charge in [-0.25, -0.2) is 0 Å². The standard InChI is InChI=1S/C17H20ClF3N2O/c1-12(2)22-7-9-23(10-8-22)16(24)6-3-13-11-14(17(19,20)21)4-5-15(13)18/h3-6,11-12H,7-10H2,1-2H3/b6-3+. The molecule has 1 aromatic carbocycles. The van der Waals surface area contributed by atoms with Gasteiger partial charge in [-0.05, 0) is 43.7 Å². The molecule has 0 N–H and O–H groups in total. The first kappa shape index (κ1) is 18.8. The zero-order valence-electron chi connectivity index (χ0n) is 13.6. The van der Waals surface area contributed by atoms with Crippen LogP contribution < -0.4 is 0 Å². The molecule has 2 rings (SSSR count). The van der Waals surface area contributed by atoms with Crippen LogP contribution in [0, 0.1) is 0 Å². The summed E-state index contributed by atoms with van der Waals surface area (Å²) in [6.07, 6.45) is -1.81. The van der Waals surface area contributed by atoms with Gasteiger partial charge in [-0.2, -0.15) is 13.2 Å². The molecule has 7 heteroatoms. The van der Waals surface area contributed by atoms with E-state index in [4.69, 9.17) is 11.6 Å². The van der Waals surface area contributed by atoms with E-state index < -0.39 is 11.7 Å². The number of halogens is 4. The third kappa shape index (κ3) is 4.74. The Morgan fingerprint density at radius 3 is 2.38 bits per heavy atom. The topological polar surface area (TPSA) is 23.6 Å². The van der Waals surface area contributed by atoms with Crippen molar-refractivity contribution in [2.24, 2.45) is 0 Å². The molecule has 0 aromatic heterocycles. The van der Waals surface area contributed by atoms with Crippen molar-refractivity contribution in [3.8, 4) is 0 Å². The Hall–Kier alpha value is -1.53. The number of alkyl halides is 3.